The van der Waals surface area contributed by atoms with Crippen LogP contribution in [0.15, 0.2) is 51.8 Å². The number of fused-ring (bicyclic) bond motifs is 2. The van der Waals surface area contributed by atoms with Gasteiger partial charge >= 0.3 is 6.09 Å². The molecular weight excluding hydrogens is 554 g/mol. The van der Waals surface area contributed by atoms with Crippen molar-refractivity contribution in [2.45, 2.75) is 95.0 Å². The average molecular weight is 594 g/mol. The summed E-state index contributed by atoms with van der Waals surface area (Å²) in [5, 5.41) is 5.49. The van der Waals surface area contributed by atoms with Gasteiger partial charge < -0.3 is 10.1 Å². The molecule has 3 aliphatic rings. The second-order valence-corrected chi connectivity index (χ2v) is 14.4. The van der Waals surface area contributed by atoms with Gasteiger partial charge in [0.25, 0.3) is 10.0 Å². The van der Waals surface area contributed by atoms with E-state index >= 15 is 0 Å². The van der Waals surface area contributed by atoms with E-state index in [1.54, 1.807) is 32.9 Å². The van der Waals surface area contributed by atoms with Crippen molar-refractivity contribution in [1.29, 1.82) is 0 Å². The van der Waals surface area contributed by atoms with Gasteiger partial charge in [0.1, 0.15) is 22.3 Å². The second-order valence-electron chi connectivity index (χ2n) is 12.8. The molecule has 1 amide bonds. The third kappa shape index (κ3) is 6.00. The summed E-state index contributed by atoms with van der Waals surface area (Å²) in [5.41, 5.74) is -0.194. The molecule has 5 rings (SSSR count). The van der Waals surface area contributed by atoms with Gasteiger partial charge in [0.05, 0.1) is 11.1 Å². The van der Waals surface area contributed by atoms with Crippen LogP contribution in [0.5, 0.6) is 0 Å². The molecule has 2 N–H and O–H groups in total. The molecule has 1 heterocycles. The van der Waals surface area contributed by atoms with Gasteiger partial charge in [0, 0.05) is 11.3 Å². The maximum atomic E-state index is 14.2. The lowest BCUT2D eigenvalue weighted by molar-refractivity contribution is -0.125. The van der Waals surface area contributed by atoms with Gasteiger partial charge in [-0.2, -0.15) is 8.42 Å². The van der Waals surface area contributed by atoms with E-state index in [9.17, 15) is 22.8 Å². The van der Waals surface area contributed by atoms with Crippen molar-refractivity contribution in [3.63, 3.8) is 0 Å². The normalized spacial score (nSPS) is 23.7. The summed E-state index contributed by atoms with van der Waals surface area (Å²) < 4.78 is 35.9. The number of hydrogen-bond acceptors (Lipinski definition) is 7. The molecule has 0 bridgehead atoms. The SMILES string of the molecule is CC(C)(C)OC(=O)Nc1ccc2c(c1)S(=O)(=O)N=C(C1C(=O)c3ccccc3C(C)(CCCC3CCCCC3)C1=O)N2. The lowest BCUT2D eigenvalue weighted by Gasteiger charge is -2.39. The number of ether oxygens (including phenoxy) is 1. The van der Waals surface area contributed by atoms with Gasteiger partial charge in [-0.3, -0.25) is 14.9 Å². The molecule has 2 unspecified atom stereocenters. The zero-order valence-corrected chi connectivity index (χ0v) is 25.5. The van der Waals surface area contributed by atoms with Crippen LogP contribution in [0.25, 0.3) is 0 Å². The highest BCUT2D eigenvalue weighted by atomic mass is 32.2. The van der Waals surface area contributed by atoms with E-state index in [0.29, 0.717) is 23.5 Å². The quantitative estimate of drug-likeness (QED) is 0.359. The molecule has 2 atom stereocenters. The maximum Gasteiger partial charge on any atom is 0.412 e. The van der Waals surface area contributed by atoms with Crippen LogP contribution in [-0.4, -0.2) is 37.5 Å². The number of hydrogen-bond donors (Lipinski definition) is 2. The van der Waals surface area contributed by atoms with E-state index in [2.05, 4.69) is 15.0 Å². The number of nitrogens with zero attached hydrogens (tertiary/aromatic N) is 1. The highest BCUT2D eigenvalue weighted by molar-refractivity contribution is 7.90. The fraction of sp³-hybridized carbons (Fsp3) is 0.500. The van der Waals surface area contributed by atoms with Crippen LogP contribution in [0.3, 0.4) is 0 Å². The Bertz CT molecular complexity index is 1550. The van der Waals surface area contributed by atoms with Crippen molar-refractivity contribution in [2.24, 2.45) is 16.2 Å². The Kier molecular flexibility index (Phi) is 8.04. The lowest BCUT2D eigenvalue weighted by Crippen LogP contribution is -2.51. The molecule has 10 heteroatoms. The van der Waals surface area contributed by atoms with Crippen molar-refractivity contribution in [3.05, 3.63) is 53.6 Å². The van der Waals surface area contributed by atoms with E-state index in [0.717, 1.165) is 12.8 Å². The molecule has 42 heavy (non-hydrogen) atoms. The van der Waals surface area contributed by atoms with E-state index in [1.165, 1.54) is 50.3 Å². The number of carbonyl (C=O) groups is 3. The lowest BCUT2D eigenvalue weighted by atomic mass is 9.63. The van der Waals surface area contributed by atoms with Crippen molar-refractivity contribution in [1.82, 2.24) is 0 Å². The number of nitrogens with one attached hydrogen (secondary N) is 2. The van der Waals surface area contributed by atoms with Gasteiger partial charge in [0.2, 0.25) is 0 Å². The highest BCUT2D eigenvalue weighted by Gasteiger charge is 2.51. The third-order valence-electron chi connectivity index (χ3n) is 8.53. The van der Waals surface area contributed by atoms with Gasteiger partial charge in [-0.05, 0) is 63.8 Å². The van der Waals surface area contributed by atoms with Crippen molar-refractivity contribution >= 4 is 44.9 Å². The summed E-state index contributed by atoms with van der Waals surface area (Å²) in [6.45, 7) is 7.03. The fourth-order valence-corrected chi connectivity index (χ4v) is 7.62. The summed E-state index contributed by atoms with van der Waals surface area (Å²) in [6.07, 6.45) is 7.94. The Morgan fingerprint density at radius 2 is 1.81 bits per heavy atom. The molecule has 9 nitrogen and oxygen atoms in total. The van der Waals surface area contributed by atoms with Gasteiger partial charge in [0.15, 0.2) is 11.6 Å². The minimum atomic E-state index is -4.30. The number of amides is 1. The number of ketones is 2. The molecule has 2 aromatic carbocycles. The standard InChI is InChI=1S/C32H39N3O6S/c1-31(2,3)41-30(38)33-21-16-17-24-25(19-21)42(39,40)35-29(34-24)26-27(36)22-14-8-9-15-23(22)32(4,28(26)37)18-10-13-20-11-6-5-7-12-20/h8-9,14-17,19-20,26H,5-7,10-13,18H2,1-4H3,(H,33,38)(H,34,35). The van der Waals surface area contributed by atoms with Gasteiger partial charge in [-0.1, -0.05) is 69.2 Å². The Morgan fingerprint density at radius 3 is 2.52 bits per heavy atom. The van der Waals surface area contributed by atoms with Crippen molar-refractivity contribution in [3.8, 4) is 0 Å². The first-order chi connectivity index (χ1) is 19.8. The topological polar surface area (TPSA) is 131 Å². The molecule has 1 fully saturated rings. The molecule has 1 aliphatic heterocycles. The number of anilines is 2. The number of carbonyl (C=O) groups excluding carboxylic acids is 3. The van der Waals surface area contributed by atoms with Crippen LogP contribution in [0.4, 0.5) is 16.2 Å². The minimum absolute atomic E-state index is 0.174. The highest BCUT2D eigenvalue weighted by Crippen LogP contribution is 2.43. The number of benzene rings is 2. The summed E-state index contributed by atoms with van der Waals surface area (Å²) in [4.78, 5) is 40.0. The van der Waals surface area contributed by atoms with Crippen LogP contribution in [0.1, 0.15) is 95.0 Å². The molecular formula is C32H39N3O6S. The molecule has 0 saturated heterocycles. The van der Waals surface area contributed by atoms with Crippen LogP contribution in [-0.2, 0) is 25.0 Å². The number of amidine groups is 1. The van der Waals surface area contributed by atoms with Crippen LogP contribution in [0.2, 0.25) is 0 Å². The summed E-state index contributed by atoms with van der Waals surface area (Å²) in [5.74, 6) is -1.72. The first kappa shape index (κ1) is 29.9. The first-order valence-electron chi connectivity index (χ1n) is 14.7. The zero-order valence-electron chi connectivity index (χ0n) is 24.7. The first-order valence-corrected chi connectivity index (χ1v) is 16.2. The maximum absolute atomic E-state index is 14.2. The van der Waals surface area contributed by atoms with E-state index in [4.69, 9.17) is 4.74 Å². The summed E-state index contributed by atoms with van der Waals surface area (Å²) in [7, 11) is -4.30. The predicted molar refractivity (Wildman–Crippen MR) is 162 cm³/mol. The van der Waals surface area contributed by atoms with Crippen LogP contribution >= 0.6 is 0 Å². The predicted octanol–water partition coefficient (Wildman–Crippen LogP) is 6.64. The van der Waals surface area contributed by atoms with Gasteiger partial charge in [-0.25, -0.2) is 4.79 Å². The van der Waals surface area contributed by atoms with Crippen LogP contribution in [0, 0.1) is 11.8 Å². The molecule has 0 aromatic heterocycles. The molecule has 0 radical (unpaired) electrons. The van der Waals surface area contributed by atoms with Crippen molar-refractivity contribution in [2.75, 3.05) is 10.6 Å². The molecule has 224 valence electrons. The van der Waals surface area contributed by atoms with E-state index in [-0.39, 0.29) is 27.9 Å². The Morgan fingerprint density at radius 1 is 1.10 bits per heavy atom. The summed E-state index contributed by atoms with van der Waals surface area (Å²) in [6, 6.07) is 11.4. The number of Topliss-reactive ketones (excluding diaryl/α,β-unsaturated/α-hetero) is 2. The molecule has 0 spiro atoms. The number of rotatable bonds is 6. The monoisotopic (exact) mass is 593 g/mol. The Labute approximate surface area is 247 Å². The number of sulfonamides is 1. The molecule has 2 aliphatic carbocycles. The minimum Gasteiger partial charge on any atom is -0.444 e. The van der Waals surface area contributed by atoms with Crippen molar-refractivity contribution < 1.29 is 27.5 Å². The van der Waals surface area contributed by atoms with Gasteiger partial charge in [-0.15, -0.1) is 4.40 Å². The average Bonchev–Trinajstić information content (AvgIpc) is 2.92. The van der Waals surface area contributed by atoms with E-state index < -0.39 is 38.8 Å². The fourth-order valence-electron chi connectivity index (χ4n) is 6.43. The Hall–Kier alpha value is -3.53. The largest absolute Gasteiger partial charge is 0.444 e. The van der Waals surface area contributed by atoms with E-state index in [1.807, 2.05) is 19.1 Å². The Balaban J connectivity index is 1.43. The molecule has 2 aromatic rings. The third-order valence-corrected chi connectivity index (χ3v) is 9.86. The smallest absolute Gasteiger partial charge is 0.412 e. The summed E-state index contributed by atoms with van der Waals surface area (Å²) >= 11 is 0. The zero-order chi connectivity index (χ0) is 30.3. The molecule has 1 saturated carbocycles. The second kappa shape index (κ2) is 11.3. The van der Waals surface area contributed by atoms with Crippen LogP contribution < -0.4 is 10.6 Å².